The van der Waals surface area contributed by atoms with E-state index in [1.54, 1.807) is 0 Å². The van der Waals surface area contributed by atoms with Gasteiger partial charge in [-0.05, 0) is 112 Å². The molecule has 4 heteroatoms. The smallest absolute Gasteiger partial charge is 0.145 e. The maximum atomic E-state index is 7.11. The van der Waals surface area contributed by atoms with Crippen molar-refractivity contribution in [2.45, 2.75) is 19.3 Å². The molecule has 0 spiro atoms. The molecule has 0 saturated heterocycles. The summed E-state index contributed by atoms with van der Waals surface area (Å²) in [6, 6.07) is 80.1. The highest BCUT2D eigenvalue weighted by atomic mass is 32.1. The van der Waals surface area contributed by atoms with Gasteiger partial charge in [0.2, 0.25) is 0 Å². The van der Waals surface area contributed by atoms with Gasteiger partial charge in [0.1, 0.15) is 11.2 Å². The minimum Gasteiger partial charge on any atom is -0.455 e. The van der Waals surface area contributed by atoms with E-state index in [1.165, 1.54) is 75.4 Å². The lowest BCUT2D eigenvalue weighted by atomic mass is 9.81. The van der Waals surface area contributed by atoms with Crippen LogP contribution in [0.15, 0.2) is 223 Å². The van der Waals surface area contributed by atoms with Crippen molar-refractivity contribution < 1.29 is 4.42 Å². The van der Waals surface area contributed by atoms with E-state index in [-0.39, 0.29) is 5.41 Å². The van der Waals surface area contributed by atoms with Gasteiger partial charge in [0, 0.05) is 64.2 Å². The average molecular weight is 875 g/mol. The quantitative estimate of drug-likeness (QED) is 0.166. The molecule has 13 aromatic rings. The summed E-state index contributed by atoms with van der Waals surface area (Å²) in [6.07, 6.45) is 0. The molecule has 0 fully saturated rings. The number of hydrogen-bond donors (Lipinski definition) is 0. The van der Waals surface area contributed by atoms with Crippen molar-refractivity contribution in [1.82, 2.24) is 4.57 Å². The molecule has 0 atom stereocenters. The van der Waals surface area contributed by atoms with Crippen LogP contribution in [0.5, 0.6) is 0 Å². The topological polar surface area (TPSA) is 21.3 Å². The number of thiophene rings is 1. The zero-order chi connectivity index (χ0) is 44.4. The third kappa shape index (κ3) is 5.63. The molecule has 0 aliphatic heterocycles. The first-order valence-corrected chi connectivity index (χ1v) is 23.9. The Balaban J connectivity index is 1.01. The Morgan fingerprint density at radius 3 is 1.90 bits per heavy atom. The predicted molar refractivity (Wildman–Crippen MR) is 284 cm³/mol. The van der Waals surface area contributed by atoms with Gasteiger partial charge in [0.15, 0.2) is 0 Å². The van der Waals surface area contributed by atoms with Gasteiger partial charge in [0.05, 0.1) is 27.8 Å². The summed E-state index contributed by atoms with van der Waals surface area (Å²) >= 11 is 1.85. The maximum absolute atomic E-state index is 7.11. The molecule has 1 aliphatic carbocycles. The number of furan rings is 1. The van der Waals surface area contributed by atoms with E-state index in [0.29, 0.717) is 0 Å². The number of hydrogen-bond acceptors (Lipinski definition) is 3. The van der Waals surface area contributed by atoms with E-state index in [1.807, 2.05) is 11.3 Å². The lowest BCUT2D eigenvalue weighted by Gasteiger charge is -2.27. The second kappa shape index (κ2) is 14.4. The number of nitrogens with zero attached hydrogens (tertiary/aromatic N) is 2. The molecule has 14 rings (SSSR count). The molecule has 316 valence electrons. The van der Waals surface area contributed by atoms with Crippen LogP contribution in [0.2, 0.25) is 0 Å². The maximum Gasteiger partial charge on any atom is 0.145 e. The largest absolute Gasteiger partial charge is 0.455 e. The average Bonchev–Trinajstić information content (AvgIpc) is 4.11. The van der Waals surface area contributed by atoms with Crippen molar-refractivity contribution in [1.29, 1.82) is 0 Å². The highest BCUT2D eigenvalue weighted by Crippen LogP contribution is 2.51. The van der Waals surface area contributed by atoms with Crippen molar-refractivity contribution in [3.05, 3.63) is 230 Å². The zero-order valence-corrected chi connectivity index (χ0v) is 37.8. The molecule has 0 unspecified atom stereocenters. The first kappa shape index (κ1) is 38.1. The van der Waals surface area contributed by atoms with Gasteiger partial charge in [-0.15, -0.1) is 11.3 Å². The molecule has 3 aromatic heterocycles. The van der Waals surface area contributed by atoms with Crippen LogP contribution in [0.25, 0.3) is 103 Å². The van der Waals surface area contributed by atoms with Gasteiger partial charge in [-0.1, -0.05) is 153 Å². The van der Waals surface area contributed by atoms with Crippen molar-refractivity contribution in [2.24, 2.45) is 0 Å². The third-order valence-electron chi connectivity index (χ3n) is 14.4. The summed E-state index contributed by atoms with van der Waals surface area (Å²) in [5, 5.41) is 7.15. The summed E-state index contributed by atoms with van der Waals surface area (Å²) in [4.78, 5) is 2.45. The monoisotopic (exact) mass is 874 g/mol. The standard InChI is InChI=1S/C63H42N2OS/c1-63(2)52-24-9-3-18-43(52)44-32-30-40(37-53(44)63)39-16-15-17-41(36-39)64(42-31-35-60-51(38-42)48-22-8-14-29-59(48)67-60)57-34-33-49(62-61(57)50-23-7-13-28-58(50)66-62)47-21-6-12-27-56(47)65-54-25-10-4-19-45(54)46-20-5-11-26-55(46)65/h3-38H,1-2H3. The fourth-order valence-corrected chi connectivity index (χ4v) is 12.4. The number of anilines is 3. The summed E-state index contributed by atoms with van der Waals surface area (Å²) in [5.74, 6) is 0. The van der Waals surface area contributed by atoms with Gasteiger partial charge in [0.25, 0.3) is 0 Å². The summed E-state index contributed by atoms with van der Waals surface area (Å²) < 4.78 is 12.1. The van der Waals surface area contributed by atoms with Crippen LogP contribution in [0.3, 0.4) is 0 Å². The third-order valence-corrected chi connectivity index (χ3v) is 15.6. The molecule has 0 N–H and O–H groups in total. The van der Waals surface area contributed by atoms with E-state index in [9.17, 15) is 0 Å². The molecular weight excluding hydrogens is 833 g/mol. The molecule has 0 amide bonds. The minimum absolute atomic E-state index is 0.0971. The predicted octanol–water partition coefficient (Wildman–Crippen LogP) is 18.2. The lowest BCUT2D eigenvalue weighted by molar-refractivity contribution is 0.660. The molecule has 3 nitrogen and oxygen atoms in total. The van der Waals surface area contributed by atoms with E-state index in [4.69, 9.17) is 4.42 Å². The van der Waals surface area contributed by atoms with Gasteiger partial charge >= 0.3 is 0 Å². The van der Waals surface area contributed by atoms with Gasteiger partial charge in [-0.25, -0.2) is 0 Å². The number of para-hydroxylation sites is 4. The molecule has 10 aromatic carbocycles. The second-order valence-electron chi connectivity index (χ2n) is 18.4. The van der Waals surface area contributed by atoms with Gasteiger partial charge in [-0.3, -0.25) is 0 Å². The minimum atomic E-state index is -0.0971. The van der Waals surface area contributed by atoms with E-state index in [0.717, 1.165) is 55.8 Å². The van der Waals surface area contributed by atoms with E-state index >= 15 is 0 Å². The first-order valence-electron chi connectivity index (χ1n) is 23.1. The molecular formula is C63H42N2OS. The normalized spacial score (nSPS) is 13.0. The number of rotatable bonds is 6. The van der Waals surface area contributed by atoms with Crippen LogP contribution in [0.4, 0.5) is 17.1 Å². The molecule has 0 radical (unpaired) electrons. The van der Waals surface area contributed by atoms with Gasteiger partial charge in [-0.2, -0.15) is 0 Å². The van der Waals surface area contributed by atoms with E-state index < -0.39 is 0 Å². The van der Waals surface area contributed by atoms with Crippen molar-refractivity contribution >= 4 is 92.3 Å². The van der Waals surface area contributed by atoms with Crippen LogP contribution in [-0.2, 0) is 5.41 Å². The van der Waals surface area contributed by atoms with E-state index in [2.05, 4.69) is 242 Å². The van der Waals surface area contributed by atoms with Crippen molar-refractivity contribution in [3.8, 4) is 39.1 Å². The Hall–Kier alpha value is -8.18. The first-order chi connectivity index (χ1) is 33.0. The molecule has 0 saturated carbocycles. The fourth-order valence-electron chi connectivity index (χ4n) is 11.3. The highest BCUT2D eigenvalue weighted by molar-refractivity contribution is 7.25. The van der Waals surface area contributed by atoms with Gasteiger partial charge < -0.3 is 13.9 Å². The SMILES string of the molecule is CC1(C)c2ccccc2-c2ccc(-c3cccc(N(c4ccc5sc6ccccc6c5c4)c4ccc(-c5ccccc5-n5c6ccccc6c6ccccc65)c5oc6ccccc6c45)c3)cc21. The Labute approximate surface area is 392 Å². The van der Waals surface area contributed by atoms with Crippen LogP contribution in [0, 0.1) is 0 Å². The van der Waals surface area contributed by atoms with Crippen molar-refractivity contribution in [2.75, 3.05) is 4.90 Å². The van der Waals surface area contributed by atoms with Crippen LogP contribution < -0.4 is 4.90 Å². The Kier molecular flexibility index (Phi) is 8.20. The van der Waals surface area contributed by atoms with Crippen LogP contribution in [-0.4, -0.2) is 4.57 Å². The molecule has 1 aliphatic rings. The van der Waals surface area contributed by atoms with Crippen LogP contribution in [0.1, 0.15) is 25.0 Å². The number of benzene rings is 10. The highest BCUT2D eigenvalue weighted by Gasteiger charge is 2.35. The Morgan fingerprint density at radius 1 is 0.433 bits per heavy atom. The fraction of sp³-hybridized carbons (Fsp3) is 0.0476. The van der Waals surface area contributed by atoms with Crippen LogP contribution >= 0.6 is 11.3 Å². The summed E-state index contributed by atoms with van der Waals surface area (Å²) in [7, 11) is 0. The van der Waals surface area contributed by atoms with Crippen molar-refractivity contribution in [3.63, 3.8) is 0 Å². The summed E-state index contributed by atoms with van der Waals surface area (Å²) in [5.41, 5.74) is 18.2. The Bertz CT molecular complexity index is 4110. The lowest BCUT2D eigenvalue weighted by Crippen LogP contribution is -2.14. The summed E-state index contributed by atoms with van der Waals surface area (Å²) in [6.45, 7) is 4.71. The molecule has 67 heavy (non-hydrogen) atoms. The number of fused-ring (bicyclic) bond motifs is 12. The zero-order valence-electron chi connectivity index (χ0n) is 37.0. The Morgan fingerprint density at radius 2 is 1.06 bits per heavy atom. The number of aromatic nitrogens is 1. The molecule has 3 heterocycles. The molecule has 0 bridgehead atoms. The second-order valence-corrected chi connectivity index (χ2v) is 19.5.